The van der Waals surface area contributed by atoms with E-state index in [1.807, 2.05) is 30.3 Å². The summed E-state index contributed by atoms with van der Waals surface area (Å²) in [7, 11) is 0. The summed E-state index contributed by atoms with van der Waals surface area (Å²) in [6, 6.07) is 9.78. The number of carbonyl (C=O) groups excluding carboxylic acids is 1. The Morgan fingerprint density at radius 3 is 2.47 bits per heavy atom. The molecule has 1 rings (SSSR count). The lowest BCUT2D eigenvalue weighted by atomic mass is 10.0. The molecule has 1 aromatic rings. The summed E-state index contributed by atoms with van der Waals surface area (Å²) in [4.78, 5) is 21.8. The van der Waals surface area contributed by atoms with Gasteiger partial charge in [0.1, 0.15) is 0 Å². The van der Waals surface area contributed by atoms with E-state index in [4.69, 9.17) is 5.11 Å². The van der Waals surface area contributed by atoms with Crippen molar-refractivity contribution in [3.8, 4) is 0 Å². The topological polar surface area (TPSA) is 54.4 Å². The summed E-state index contributed by atoms with van der Waals surface area (Å²) in [5.41, 5.74) is 1.13. The van der Waals surface area contributed by atoms with Crippen LogP contribution in [-0.2, 0) is 16.0 Å². The van der Waals surface area contributed by atoms with Gasteiger partial charge in [-0.15, -0.1) is 0 Å². The van der Waals surface area contributed by atoms with Crippen LogP contribution in [-0.4, -0.2) is 21.9 Å². The summed E-state index contributed by atoms with van der Waals surface area (Å²) in [5.74, 6) is -0.920. The SMILES string of the molecule is CC(=O)SC[C@@H](CCc1ccccc1)C(=O)O. The summed E-state index contributed by atoms with van der Waals surface area (Å²) in [5, 5.41) is 9.01. The second-order valence-corrected chi connectivity index (χ2v) is 5.06. The average molecular weight is 252 g/mol. The maximum Gasteiger partial charge on any atom is 0.307 e. The van der Waals surface area contributed by atoms with Gasteiger partial charge in [0.05, 0.1) is 5.92 Å². The lowest BCUT2D eigenvalue weighted by molar-refractivity contribution is -0.141. The van der Waals surface area contributed by atoms with Gasteiger partial charge in [-0.25, -0.2) is 0 Å². The lowest BCUT2D eigenvalue weighted by Gasteiger charge is -2.10. The number of aryl methyl sites for hydroxylation is 1. The zero-order valence-electron chi connectivity index (χ0n) is 9.76. The van der Waals surface area contributed by atoms with Gasteiger partial charge in [-0.3, -0.25) is 9.59 Å². The Hall–Kier alpha value is -1.29. The second-order valence-electron chi connectivity index (χ2n) is 3.86. The highest BCUT2D eigenvalue weighted by Crippen LogP contribution is 2.16. The van der Waals surface area contributed by atoms with Crippen molar-refractivity contribution in [1.82, 2.24) is 0 Å². The number of carbonyl (C=O) groups is 2. The van der Waals surface area contributed by atoms with Gasteiger partial charge < -0.3 is 5.11 Å². The molecule has 0 radical (unpaired) electrons. The molecule has 1 aromatic carbocycles. The van der Waals surface area contributed by atoms with Crippen LogP contribution >= 0.6 is 11.8 Å². The maximum absolute atomic E-state index is 11.0. The fourth-order valence-corrected chi connectivity index (χ4v) is 2.23. The Kier molecular flexibility index (Phi) is 5.77. The summed E-state index contributed by atoms with van der Waals surface area (Å²) >= 11 is 1.08. The van der Waals surface area contributed by atoms with Crippen LogP contribution in [0.5, 0.6) is 0 Å². The van der Waals surface area contributed by atoms with Gasteiger partial charge in [0.25, 0.3) is 0 Å². The maximum atomic E-state index is 11.0. The van der Waals surface area contributed by atoms with Crippen LogP contribution < -0.4 is 0 Å². The molecule has 0 saturated heterocycles. The molecule has 0 heterocycles. The standard InChI is InChI=1S/C13H16O3S/c1-10(14)17-9-12(13(15)16)8-7-11-5-3-2-4-6-11/h2-6,12H,7-9H2,1H3,(H,15,16)/t12-/m1/s1. The Labute approximate surface area is 105 Å². The number of rotatable bonds is 6. The minimum absolute atomic E-state index is 0.0315. The van der Waals surface area contributed by atoms with E-state index >= 15 is 0 Å². The van der Waals surface area contributed by atoms with Crippen LogP contribution in [0.4, 0.5) is 0 Å². The molecule has 0 saturated carbocycles. The van der Waals surface area contributed by atoms with Crippen molar-refractivity contribution in [2.75, 3.05) is 5.75 Å². The molecule has 0 aromatic heterocycles. The van der Waals surface area contributed by atoms with Gasteiger partial charge in [-0.1, -0.05) is 42.1 Å². The van der Waals surface area contributed by atoms with Crippen molar-refractivity contribution in [3.63, 3.8) is 0 Å². The van der Waals surface area contributed by atoms with Crippen molar-refractivity contribution in [2.45, 2.75) is 19.8 Å². The molecule has 17 heavy (non-hydrogen) atoms. The number of thioether (sulfide) groups is 1. The highest BCUT2D eigenvalue weighted by molar-refractivity contribution is 8.13. The Bertz CT molecular complexity index is 376. The summed E-state index contributed by atoms with van der Waals surface area (Å²) < 4.78 is 0. The predicted octanol–water partition coefficient (Wildman–Crippen LogP) is 2.60. The molecule has 1 atom stereocenters. The van der Waals surface area contributed by atoms with E-state index < -0.39 is 11.9 Å². The van der Waals surface area contributed by atoms with Gasteiger partial charge in [0, 0.05) is 12.7 Å². The number of carboxylic acid groups (broad SMARTS) is 1. The third kappa shape index (κ3) is 5.54. The third-order valence-corrected chi connectivity index (χ3v) is 3.44. The van der Waals surface area contributed by atoms with E-state index in [0.717, 1.165) is 23.7 Å². The summed E-state index contributed by atoms with van der Waals surface area (Å²) in [6.45, 7) is 1.46. The van der Waals surface area contributed by atoms with Crippen molar-refractivity contribution < 1.29 is 14.7 Å². The molecular formula is C13H16O3S. The molecule has 4 heteroatoms. The first-order valence-corrected chi connectivity index (χ1v) is 6.48. The highest BCUT2D eigenvalue weighted by Gasteiger charge is 2.18. The van der Waals surface area contributed by atoms with E-state index in [-0.39, 0.29) is 5.12 Å². The first-order chi connectivity index (χ1) is 8.09. The van der Waals surface area contributed by atoms with E-state index in [2.05, 4.69) is 0 Å². The lowest BCUT2D eigenvalue weighted by Crippen LogP contribution is -2.17. The van der Waals surface area contributed by atoms with Crippen LogP contribution in [0.25, 0.3) is 0 Å². The number of hydrogen-bond donors (Lipinski definition) is 1. The highest BCUT2D eigenvalue weighted by atomic mass is 32.2. The van der Waals surface area contributed by atoms with E-state index in [0.29, 0.717) is 12.2 Å². The quantitative estimate of drug-likeness (QED) is 0.845. The molecule has 0 aliphatic rings. The number of carboxylic acids is 1. The van der Waals surface area contributed by atoms with Crippen molar-refractivity contribution in [3.05, 3.63) is 35.9 Å². The molecule has 0 unspecified atom stereocenters. The average Bonchev–Trinajstić information content (AvgIpc) is 2.29. The van der Waals surface area contributed by atoms with Crippen LogP contribution in [0.1, 0.15) is 18.9 Å². The van der Waals surface area contributed by atoms with Crippen molar-refractivity contribution >= 4 is 22.8 Å². The molecule has 3 nitrogen and oxygen atoms in total. The summed E-state index contributed by atoms with van der Waals surface area (Å²) in [6.07, 6.45) is 1.30. The molecule has 0 bridgehead atoms. The first kappa shape index (κ1) is 13.8. The fourth-order valence-electron chi connectivity index (χ4n) is 1.48. The van der Waals surface area contributed by atoms with Crippen LogP contribution in [0.2, 0.25) is 0 Å². The molecule has 1 N–H and O–H groups in total. The van der Waals surface area contributed by atoms with Gasteiger partial charge in [-0.2, -0.15) is 0 Å². The minimum atomic E-state index is -0.824. The predicted molar refractivity (Wildman–Crippen MR) is 69.0 cm³/mol. The molecular weight excluding hydrogens is 236 g/mol. The molecule has 0 fully saturated rings. The molecule has 0 amide bonds. The Morgan fingerprint density at radius 2 is 1.94 bits per heavy atom. The van der Waals surface area contributed by atoms with E-state index in [1.165, 1.54) is 6.92 Å². The zero-order valence-corrected chi connectivity index (χ0v) is 10.6. The van der Waals surface area contributed by atoms with Crippen LogP contribution in [0.3, 0.4) is 0 Å². The number of benzene rings is 1. The largest absolute Gasteiger partial charge is 0.481 e. The van der Waals surface area contributed by atoms with Crippen LogP contribution in [0.15, 0.2) is 30.3 Å². The molecule has 92 valence electrons. The normalized spacial score (nSPS) is 12.1. The molecule has 0 spiro atoms. The second kappa shape index (κ2) is 7.12. The molecule has 0 aliphatic carbocycles. The monoisotopic (exact) mass is 252 g/mol. The minimum Gasteiger partial charge on any atom is -0.481 e. The van der Waals surface area contributed by atoms with Gasteiger partial charge >= 0.3 is 5.97 Å². The van der Waals surface area contributed by atoms with Gasteiger partial charge in [0.15, 0.2) is 5.12 Å². The van der Waals surface area contributed by atoms with Gasteiger partial charge in [-0.05, 0) is 18.4 Å². The van der Waals surface area contributed by atoms with E-state index in [1.54, 1.807) is 0 Å². The Balaban J connectivity index is 2.45. The number of hydrogen-bond acceptors (Lipinski definition) is 3. The van der Waals surface area contributed by atoms with Crippen molar-refractivity contribution in [1.29, 1.82) is 0 Å². The number of aliphatic carboxylic acids is 1. The van der Waals surface area contributed by atoms with Crippen molar-refractivity contribution in [2.24, 2.45) is 5.92 Å². The first-order valence-electron chi connectivity index (χ1n) is 5.49. The molecule has 0 aliphatic heterocycles. The van der Waals surface area contributed by atoms with Crippen LogP contribution in [0, 0.1) is 5.92 Å². The Morgan fingerprint density at radius 1 is 1.29 bits per heavy atom. The smallest absolute Gasteiger partial charge is 0.307 e. The van der Waals surface area contributed by atoms with Gasteiger partial charge in [0.2, 0.25) is 0 Å². The fraction of sp³-hybridized carbons (Fsp3) is 0.385. The van der Waals surface area contributed by atoms with E-state index in [9.17, 15) is 9.59 Å². The zero-order chi connectivity index (χ0) is 12.7. The third-order valence-electron chi connectivity index (χ3n) is 2.46.